The van der Waals surface area contributed by atoms with Crippen molar-refractivity contribution in [3.05, 3.63) is 21.9 Å². The molecule has 1 saturated heterocycles. The number of nitrogens with zero attached hydrogens (tertiary/aromatic N) is 3. The van der Waals surface area contributed by atoms with Gasteiger partial charge in [-0.15, -0.1) is 11.3 Å². The summed E-state index contributed by atoms with van der Waals surface area (Å²) in [6.07, 6.45) is 0.761. The van der Waals surface area contributed by atoms with Crippen molar-refractivity contribution in [2.75, 3.05) is 45.9 Å². The Bertz CT molecular complexity index is 567. The van der Waals surface area contributed by atoms with E-state index in [1.165, 1.54) is 10.4 Å². The molecule has 0 aromatic carbocycles. The van der Waals surface area contributed by atoms with Crippen molar-refractivity contribution >= 4 is 23.3 Å². The van der Waals surface area contributed by atoms with E-state index in [-0.39, 0.29) is 12.0 Å². The molecule has 0 aliphatic carbocycles. The Morgan fingerprint density at radius 3 is 2.65 bits per heavy atom. The van der Waals surface area contributed by atoms with Crippen LogP contribution in [-0.2, 0) is 22.5 Å². The number of amides is 2. The van der Waals surface area contributed by atoms with Gasteiger partial charge in [-0.05, 0) is 30.4 Å². The summed E-state index contributed by atoms with van der Waals surface area (Å²) in [5.41, 5.74) is 1.36. The van der Waals surface area contributed by atoms with Crippen molar-refractivity contribution in [1.29, 1.82) is 0 Å². The minimum Gasteiger partial charge on any atom is -0.450 e. The minimum absolute atomic E-state index is 0.159. The zero-order valence-corrected chi connectivity index (χ0v) is 14.3. The summed E-state index contributed by atoms with van der Waals surface area (Å²) in [6, 6.07) is 2.16. The number of ether oxygens (including phenoxy) is 1. The molecule has 6 nitrogen and oxygen atoms in total. The molecule has 1 aromatic rings. The molecule has 0 atom stereocenters. The largest absolute Gasteiger partial charge is 0.450 e. The number of piperazine rings is 1. The average Bonchev–Trinajstić information content (AvgIpc) is 3.03. The Labute approximate surface area is 140 Å². The Morgan fingerprint density at radius 1 is 1.17 bits per heavy atom. The minimum atomic E-state index is -0.277. The molecular weight excluding hydrogens is 314 g/mol. The second kappa shape index (κ2) is 7.31. The van der Waals surface area contributed by atoms with Gasteiger partial charge in [0.2, 0.25) is 5.91 Å². The predicted molar refractivity (Wildman–Crippen MR) is 88.5 cm³/mol. The lowest BCUT2D eigenvalue weighted by Gasteiger charge is -2.35. The van der Waals surface area contributed by atoms with Crippen LogP contribution in [-0.4, -0.2) is 72.6 Å². The average molecular weight is 337 g/mol. The van der Waals surface area contributed by atoms with E-state index >= 15 is 0 Å². The summed E-state index contributed by atoms with van der Waals surface area (Å²) in [6.45, 7) is 6.76. The van der Waals surface area contributed by atoms with Gasteiger partial charge < -0.3 is 14.5 Å². The van der Waals surface area contributed by atoms with E-state index in [0.717, 1.165) is 19.5 Å². The fraction of sp³-hybridized carbons (Fsp3) is 0.625. The molecule has 0 saturated carbocycles. The van der Waals surface area contributed by atoms with Crippen LogP contribution in [0.25, 0.3) is 0 Å². The molecule has 2 amide bonds. The Morgan fingerprint density at radius 2 is 1.91 bits per heavy atom. The van der Waals surface area contributed by atoms with E-state index in [0.29, 0.717) is 39.3 Å². The molecule has 0 spiro atoms. The Hall–Kier alpha value is -1.60. The summed E-state index contributed by atoms with van der Waals surface area (Å²) >= 11 is 1.81. The number of fused-ring (bicyclic) bond motifs is 1. The first kappa shape index (κ1) is 16.3. The number of carbonyl (C=O) groups excluding carboxylic acids is 2. The van der Waals surface area contributed by atoms with E-state index in [4.69, 9.17) is 4.74 Å². The maximum atomic E-state index is 12.5. The summed E-state index contributed by atoms with van der Waals surface area (Å²) in [7, 11) is 0. The lowest BCUT2D eigenvalue weighted by atomic mass is 10.1. The molecule has 2 aliphatic rings. The Kier molecular flexibility index (Phi) is 5.17. The van der Waals surface area contributed by atoms with Gasteiger partial charge in [-0.1, -0.05) is 0 Å². The number of thiophene rings is 1. The smallest absolute Gasteiger partial charge is 0.409 e. The lowest BCUT2D eigenvalue weighted by molar-refractivity contribution is -0.134. The third kappa shape index (κ3) is 3.84. The number of hydrogen-bond donors (Lipinski definition) is 0. The van der Waals surface area contributed by atoms with Crippen molar-refractivity contribution in [3.63, 3.8) is 0 Å². The fourth-order valence-corrected chi connectivity index (χ4v) is 3.98. The van der Waals surface area contributed by atoms with Gasteiger partial charge in [0.1, 0.15) is 0 Å². The zero-order chi connectivity index (χ0) is 16.2. The lowest BCUT2D eigenvalue weighted by Crippen LogP contribution is -2.53. The standard InChI is InChI=1S/C16H23N3O3S/c1-2-22-16(21)19-8-6-18(7-9-19)15(20)12-17-5-3-14-13(11-17)4-10-23-14/h4,10H,2-3,5-9,11-12H2,1H3. The highest BCUT2D eigenvalue weighted by Gasteiger charge is 2.27. The van der Waals surface area contributed by atoms with E-state index in [9.17, 15) is 9.59 Å². The molecule has 3 heterocycles. The van der Waals surface area contributed by atoms with Crippen molar-refractivity contribution < 1.29 is 14.3 Å². The monoisotopic (exact) mass is 337 g/mol. The third-order valence-corrected chi connectivity index (χ3v) is 5.43. The van der Waals surface area contributed by atoms with Crippen molar-refractivity contribution in [3.8, 4) is 0 Å². The molecule has 1 fully saturated rings. The zero-order valence-electron chi connectivity index (χ0n) is 13.5. The Balaban J connectivity index is 1.46. The third-order valence-electron chi connectivity index (χ3n) is 4.40. The van der Waals surface area contributed by atoms with Gasteiger partial charge in [-0.2, -0.15) is 0 Å². The molecule has 0 unspecified atom stereocenters. The summed E-state index contributed by atoms with van der Waals surface area (Å²) in [5.74, 6) is 0.159. The second-order valence-electron chi connectivity index (χ2n) is 5.90. The van der Waals surface area contributed by atoms with Crippen LogP contribution in [0, 0.1) is 0 Å². The van der Waals surface area contributed by atoms with Gasteiger partial charge in [0.05, 0.1) is 13.2 Å². The molecule has 3 rings (SSSR count). The number of carbonyl (C=O) groups is 2. The molecule has 0 radical (unpaired) electrons. The highest BCUT2D eigenvalue weighted by molar-refractivity contribution is 7.10. The van der Waals surface area contributed by atoms with Gasteiger partial charge in [0.25, 0.3) is 0 Å². The summed E-state index contributed by atoms with van der Waals surface area (Å²) in [5, 5.41) is 2.13. The number of rotatable bonds is 3. The summed E-state index contributed by atoms with van der Waals surface area (Å²) in [4.78, 5) is 31.4. The van der Waals surface area contributed by atoms with E-state index in [1.807, 2.05) is 16.2 Å². The first-order valence-corrected chi connectivity index (χ1v) is 9.02. The van der Waals surface area contributed by atoms with E-state index in [2.05, 4.69) is 16.3 Å². The summed E-state index contributed by atoms with van der Waals surface area (Å²) < 4.78 is 5.00. The first-order chi connectivity index (χ1) is 11.2. The molecular formula is C16H23N3O3S. The molecule has 23 heavy (non-hydrogen) atoms. The molecule has 7 heteroatoms. The quantitative estimate of drug-likeness (QED) is 0.837. The molecule has 0 bridgehead atoms. The van der Waals surface area contributed by atoms with Gasteiger partial charge in [-0.3, -0.25) is 9.69 Å². The molecule has 1 aromatic heterocycles. The highest BCUT2D eigenvalue weighted by atomic mass is 32.1. The van der Waals surface area contributed by atoms with Crippen molar-refractivity contribution in [2.24, 2.45) is 0 Å². The van der Waals surface area contributed by atoms with Gasteiger partial charge in [0.15, 0.2) is 0 Å². The van der Waals surface area contributed by atoms with Crippen LogP contribution in [0.5, 0.6) is 0 Å². The van der Waals surface area contributed by atoms with Crippen LogP contribution in [0.15, 0.2) is 11.4 Å². The normalized spacial score (nSPS) is 18.7. The van der Waals surface area contributed by atoms with Crippen molar-refractivity contribution in [2.45, 2.75) is 19.9 Å². The SMILES string of the molecule is CCOC(=O)N1CCN(C(=O)CN2CCc3sccc3C2)CC1. The van der Waals surface area contributed by atoms with Crippen LogP contribution < -0.4 is 0 Å². The van der Waals surface area contributed by atoms with Crippen LogP contribution in [0.4, 0.5) is 4.79 Å². The van der Waals surface area contributed by atoms with Crippen LogP contribution in [0.1, 0.15) is 17.4 Å². The molecule has 126 valence electrons. The van der Waals surface area contributed by atoms with Crippen molar-refractivity contribution in [1.82, 2.24) is 14.7 Å². The maximum Gasteiger partial charge on any atom is 0.409 e. The van der Waals surface area contributed by atoms with Gasteiger partial charge in [0, 0.05) is 44.1 Å². The molecule has 2 aliphatic heterocycles. The fourth-order valence-electron chi connectivity index (χ4n) is 3.09. The van der Waals surface area contributed by atoms with Crippen LogP contribution in [0.3, 0.4) is 0 Å². The van der Waals surface area contributed by atoms with E-state index in [1.54, 1.807) is 11.8 Å². The number of hydrogen-bond acceptors (Lipinski definition) is 5. The molecule has 0 N–H and O–H groups in total. The highest BCUT2D eigenvalue weighted by Crippen LogP contribution is 2.23. The second-order valence-corrected chi connectivity index (χ2v) is 6.90. The van der Waals surface area contributed by atoms with Crippen LogP contribution >= 0.6 is 11.3 Å². The predicted octanol–water partition coefficient (Wildman–Crippen LogP) is 1.41. The first-order valence-electron chi connectivity index (χ1n) is 8.14. The van der Waals surface area contributed by atoms with Gasteiger partial charge >= 0.3 is 6.09 Å². The maximum absolute atomic E-state index is 12.5. The van der Waals surface area contributed by atoms with Gasteiger partial charge in [-0.25, -0.2) is 4.79 Å². The van der Waals surface area contributed by atoms with Crippen LogP contribution in [0.2, 0.25) is 0 Å². The van der Waals surface area contributed by atoms with E-state index < -0.39 is 0 Å². The topological polar surface area (TPSA) is 53.1 Å².